The number of nitrogens with two attached hydrogens (primary N) is 1. The van der Waals surface area contributed by atoms with Crippen molar-refractivity contribution in [3.63, 3.8) is 0 Å². The highest BCUT2D eigenvalue weighted by atomic mass is 16.4. The smallest absolute Gasteiger partial charge is 0.339 e. The van der Waals surface area contributed by atoms with Gasteiger partial charge in [0, 0.05) is 18.6 Å². The van der Waals surface area contributed by atoms with Crippen LogP contribution < -0.4 is 11.1 Å². The van der Waals surface area contributed by atoms with Crippen LogP contribution in [-0.2, 0) is 0 Å². The summed E-state index contributed by atoms with van der Waals surface area (Å²) in [5, 5.41) is 29.9. The van der Waals surface area contributed by atoms with Gasteiger partial charge in [0.25, 0.3) is 0 Å². The van der Waals surface area contributed by atoms with Crippen molar-refractivity contribution in [3.05, 3.63) is 48.3 Å². The molecule has 10 heteroatoms. The summed E-state index contributed by atoms with van der Waals surface area (Å²) in [5.41, 5.74) is 7.28. The van der Waals surface area contributed by atoms with Crippen LogP contribution in [-0.4, -0.2) is 53.5 Å². The average molecular weight is 424 g/mol. The third-order valence-electron chi connectivity index (χ3n) is 5.23. The Labute approximate surface area is 178 Å². The summed E-state index contributed by atoms with van der Waals surface area (Å²) in [7, 11) is 0. The van der Waals surface area contributed by atoms with E-state index >= 15 is 0 Å². The van der Waals surface area contributed by atoms with Crippen LogP contribution in [0.15, 0.2) is 42.7 Å². The minimum atomic E-state index is -1.11. The second kappa shape index (κ2) is 8.60. The Balaban J connectivity index is 0.000000196. The number of aliphatic hydroxyl groups excluding tert-OH is 1. The van der Waals surface area contributed by atoms with E-state index in [-0.39, 0.29) is 35.8 Å². The van der Waals surface area contributed by atoms with Gasteiger partial charge in [-0.15, -0.1) is 0 Å². The summed E-state index contributed by atoms with van der Waals surface area (Å²) >= 11 is 0. The van der Waals surface area contributed by atoms with Gasteiger partial charge >= 0.3 is 5.97 Å². The average Bonchev–Trinajstić information content (AvgIpc) is 3.26. The lowest BCUT2D eigenvalue weighted by molar-refractivity contribution is 0.0693. The molecule has 0 bridgehead atoms. The summed E-state index contributed by atoms with van der Waals surface area (Å²) in [5.74, 6) is -0.128. The molecular formula is C21H24N6O4. The van der Waals surface area contributed by atoms with E-state index in [1.54, 1.807) is 18.5 Å². The first-order valence-corrected chi connectivity index (χ1v) is 10.0. The van der Waals surface area contributed by atoms with Crippen molar-refractivity contribution >= 4 is 28.9 Å². The molecule has 0 saturated heterocycles. The Bertz CT molecular complexity index is 1120. The summed E-state index contributed by atoms with van der Waals surface area (Å²) in [6.45, 7) is 0.172. The number of imidazole rings is 1. The number of aromatic nitrogens is 4. The summed E-state index contributed by atoms with van der Waals surface area (Å²) in [4.78, 5) is 23.3. The van der Waals surface area contributed by atoms with E-state index in [1.165, 1.54) is 12.1 Å². The maximum Gasteiger partial charge on any atom is 0.339 e. The molecule has 162 valence electrons. The molecule has 0 amide bonds. The van der Waals surface area contributed by atoms with Gasteiger partial charge in [0.15, 0.2) is 17.0 Å². The van der Waals surface area contributed by atoms with Gasteiger partial charge in [-0.3, -0.25) is 0 Å². The lowest BCUT2D eigenvalue weighted by atomic mass is 10.1. The van der Waals surface area contributed by atoms with E-state index < -0.39 is 5.97 Å². The third-order valence-corrected chi connectivity index (χ3v) is 5.23. The molecule has 0 spiro atoms. The number of carbonyl (C=O) groups is 1. The maximum atomic E-state index is 10.3. The van der Waals surface area contributed by atoms with Crippen molar-refractivity contribution in [1.82, 2.24) is 19.5 Å². The highest BCUT2D eigenvalue weighted by Gasteiger charge is 2.26. The molecule has 2 atom stereocenters. The molecule has 0 radical (unpaired) electrons. The fourth-order valence-electron chi connectivity index (χ4n) is 3.45. The Morgan fingerprint density at radius 3 is 2.61 bits per heavy atom. The van der Waals surface area contributed by atoms with E-state index in [9.17, 15) is 9.90 Å². The van der Waals surface area contributed by atoms with Gasteiger partial charge in [-0.1, -0.05) is 24.3 Å². The number of aliphatic hydroxyl groups is 1. The largest absolute Gasteiger partial charge is 0.507 e. The van der Waals surface area contributed by atoms with Crippen molar-refractivity contribution < 1.29 is 20.1 Å². The molecule has 1 fully saturated rings. The van der Waals surface area contributed by atoms with Crippen molar-refractivity contribution in [1.29, 1.82) is 0 Å². The minimum Gasteiger partial charge on any atom is -0.507 e. The number of hydrogen-bond donors (Lipinski definition) is 5. The van der Waals surface area contributed by atoms with Crippen molar-refractivity contribution in [2.24, 2.45) is 5.92 Å². The number of rotatable bonds is 5. The van der Waals surface area contributed by atoms with Gasteiger partial charge in [-0.2, -0.15) is 9.97 Å². The Morgan fingerprint density at radius 2 is 2.00 bits per heavy atom. The summed E-state index contributed by atoms with van der Waals surface area (Å²) in [6.07, 6.45) is 9.10. The first-order chi connectivity index (χ1) is 15.0. The molecule has 1 saturated carbocycles. The van der Waals surface area contributed by atoms with Crippen LogP contribution in [0.1, 0.15) is 35.7 Å². The molecule has 31 heavy (non-hydrogen) atoms. The van der Waals surface area contributed by atoms with E-state index in [2.05, 4.69) is 26.3 Å². The molecule has 2 aromatic heterocycles. The number of para-hydroxylation sites is 1. The predicted molar refractivity (Wildman–Crippen MR) is 115 cm³/mol. The zero-order chi connectivity index (χ0) is 22.0. The number of fused-ring (bicyclic) bond motifs is 1. The topological polar surface area (TPSA) is 159 Å². The normalized spacial score (nSPS) is 19.8. The van der Waals surface area contributed by atoms with Crippen molar-refractivity contribution in [2.45, 2.75) is 31.3 Å². The van der Waals surface area contributed by atoms with Crippen LogP contribution in [0.3, 0.4) is 0 Å². The molecule has 5 rings (SSSR count). The minimum absolute atomic E-state index is 0.0671. The number of aromatic hydroxyl groups is 1. The van der Waals surface area contributed by atoms with Crippen molar-refractivity contribution in [2.75, 3.05) is 17.7 Å². The lowest BCUT2D eigenvalue weighted by Crippen LogP contribution is -2.10. The van der Waals surface area contributed by atoms with Gasteiger partial charge in [0.05, 0.1) is 12.4 Å². The predicted octanol–water partition coefficient (Wildman–Crippen LogP) is 2.18. The van der Waals surface area contributed by atoms with Crippen LogP contribution >= 0.6 is 0 Å². The molecule has 0 unspecified atom stereocenters. The van der Waals surface area contributed by atoms with Gasteiger partial charge in [-0.05, 0) is 31.4 Å². The Morgan fingerprint density at radius 1 is 1.23 bits per heavy atom. The number of carboxylic acid groups (broad SMARTS) is 1. The van der Waals surface area contributed by atoms with E-state index in [0.717, 1.165) is 36.2 Å². The van der Waals surface area contributed by atoms with E-state index in [0.29, 0.717) is 6.04 Å². The van der Waals surface area contributed by atoms with Crippen LogP contribution in [0.4, 0.5) is 11.8 Å². The number of nitrogen functional groups attached to an aromatic ring is 1. The molecule has 0 aliphatic heterocycles. The number of nitrogens with one attached hydrogen (secondary N) is 1. The number of carboxylic acids is 1. The number of benzene rings is 1. The zero-order valence-corrected chi connectivity index (χ0v) is 16.7. The van der Waals surface area contributed by atoms with Gasteiger partial charge < -0.3 is 30.9 Å². The van der Waals surface area contributed by atoms with Gasteiger partial charge in [-0.25, -0.2) is 9.78 Å². The second-order valence-electron chi connectivity index (χ2n) is 7.63. The maximum absolute atomic E-state index is 10.3. The second-order valence-corrected chi connectivity index (χ2v) is 7.63. The molecule has 3 aromatic rings. The molecular weight excluding hydrogens is 400 g/mol. The quantitative estimate of drug-likeness (QED) is 0.387. The molecule has 2 heterocycles. The first kappa shape index (κ1) is 20.6. The molecule has 10 nitrogen and oxygen atoms in total. The number of aromatic carboxylic acids is 1. The Hall–Kier alpha value is -3.66. The molecule has 2 aliphatic rings. The van der Waals surface area contributed by atoms with Gasteiger partial charge in [0.2, 0.25) is 5.95 Å². The molecule has 2 aliphatic carbocycles. The third kappa shape index (κ3) is 4.58. The number of nitrogens with zero attached hydrogens (tertiary/aromatic N) is 4. The summed E-state index contributed by atoms with van der Waals surface area (Å²) < 4.78 is 2.01. The SMILES string of the molecule is Nc1nc(NC2CC2)c2ncn([C@H]3C=C[C@@H](CO)C3)c2n1.O=C(O)c1ccccc1O. The van der Waals surface area contributed by atoms with Crippen LogP contribution in [0.2, 0.25) is 0 Å². The number of phenols is 1. The number of hydrogen-bond acceptors (Lipinski definition) is 8. The summed E-state index contributed by atoms with van der Waals surface area (Å²) in [6, 6.07) is 6.46. The standard InChI is InChI=1S/C14H18N6O.C7H6O3/c15-14-18-12(17-9-2-3-9)11-13(19-14)20(7-16-11)10-4-1-8(5-10)6-21;8-6-4-2-1-3-5(6)7(9)10/h1,4,7-10,21H,2-3,5-6H2,(H3,15,17,18,19);1-4,8H,(H,9,10)/t8-,10+;/m1./s1. The van der Waals surface area contributed by atoms with E-state index in [1.807, 2.05) is 10.6 Å². The molecule has 1 aromatic carbocycles. The highest BCUT2D eigenvalue weighted by Crippen LogP contribution is 2.32. The number of allylic oxidation sites excluding steroid dienone is 1. The highest BCUT2D eigenvalue weighted by molar-refractivity contribution is 5.90. The monoisotopic (exact) mass is 424 g/mol. The fourth-order valence-corrected chi connectivity index (χ4v) is 3.45. The molecule has 6 N–H and O–H groups in total. The first-order valence-electron chi connectivity index (χ1n) is 10.0. The zero-order valence-electron chi connectivity index (χ0n) is 16.7. The number of anilines is 2. The van der Waals surface area contributed by atoms with Crippen LogP contribution in [0, 0.1) is 5.92 Å². The Kier molecular flexibility index (Phi) is 5.72. The lowest BCUT2D eigenvalue weighted by Gasteiger charge is -2.13. The van der Waals surface area contributed by atoms with Crippen molar-refractivity contribution in [3.8, 4) is 5.75 Å². The van der Waals surface area contributed by atoms with Crippen LogP contribution in [0.25, 0.3) is 11.2 Å². The fraction of sp³-hybridized carbons (Fsp3) is 0.333. The van der Waals surface area contributed by atoms with Crippen LogP contribution in [0.5, 0.6) is 5.75 Å². The van der Waals surface area contributed by atoms with Gasteiger partial charge in [0.1, 0.15) is 11.3 Å². The van der Waals surface area contributed by atoms with E-state index in [4.69, 9.17) is 15.9 Å².